The molecule has 0 bridgehead atoms. The first kappa shape index (κ1) is 14.1. The largest absolute Gasteiger partial charge is 0.416 e. The van der Waals surface area contributed by atoms with Crippen molar-refractivity contribution in [3.63, 3.8) is 0 Å². The molecule has 0 radical (unpaired) electrons. The first-order valence-electron chi connectivity index (χ1n) is 5.71. The fraction of sp³-hybridized carbons (Fsp3) is 0.286. The van der Waals surface area contributed by atoms with Crippen molar-refractivity contribution >= 4 is 11.3 Å². The van der Waals surface area contributed by atoms with E-state index < -0.39 is 17.8 Å². The van der Waals surface area contributed by atoms with Crippen LogP contribution < -0.4 is 0 Å². The Morgan fingerprint density at radius 3 is 2.11 bits per heavy atom. The van der Waals surface area contributed by atoms with Gasteiger partial charge >= 0.3 is 6.18 Å². The van der Waals surface area contributed by atoms with E-state index in [0.717, 1.165) is 27.5 Å². The molecule has 0 saturated heterocycles. The average molecular weight is 286 g/mol. The second-order valence-corrected chi connectivity index (χ2v) is 5.70. The predicted octanol–water partition coefficient (Wildman–Crippen LogP) is 4.47. The van der Waals surface area contributed by atoms with Crippen LogP contribution in [0, 0.1) is 13.8 Å². The van der Waals surface area contributed by atoms with Crippen molar-refractivity contribution in [2.24, 2.45) is 0 Å². The minimum absolute atomic E-state index is 0.467. The molecular weight excluding hydrogens is 273 g/mol. The SMILES string of the molecule is Cc1cc(C(O)c2ccc(C(F)(F)F)cc2)sc1C. The van der Waals surface area contributed by atoms with E-state index in [0.29, 0.717) is 5.56 Å². The van der Waals surface area contributed by atoms with Gasteiger partial charge in [-0.25, -0.2) is 0 Å². The zero-order valence-corrected chi connectivity index (χ0v) is 11.3. The second kappa shape index (κ2) is 4.98. The predicted molar refractivity (Wildman–Crippen MR) is 69.3 cm³/mol. The third-order valence-electron chi connectivity index (χ3n) is 3.01. The van der Waals surface area contributed by atoms with Gasteiger partial charge in [-0.15, -0.1) is 11.3 Å². The number of alkyl halides is 3. The van der Waals surface area contributed by atoms with E-state index in [2.05, 4.69) is 0 Å². The number of aliphatic hydroxyl groups is 1. The van der Waals surface area contributed by atoms with Gasteiger partial charge in [-0.3, -0.25) is 0 Å². The van der Waals surface area contributed by atoms with Gasteiger partial charge in [0.05, 0.1) is 5.56 Å². The van der Waals surface area contributed by atoms with Gasteiger partial charge in [0.15, 0.2) is 0 Å². The van der Waals surface area contributed by atoms with Gasteiger partial charge in [0.25, 0.3) is 0 Å². The highest BCUT2D eigenvalue weighted by Gasteiger charge is 2.30. The molecule has 1 aromatic carbocycles. The second-order valence-electron chi connectivity index (χ2n) is 4.41. The summed E-state index contributed by atoms with van der Waals surface area (Å²) in [5.41, 5.74) is 0.835. The Kier molecular flexibility index (Phi) is 3.69. The van der Waals surface area contributed by atoms with Gasteiger partial charge in [-0.2, -0.15) is 13.2 Å². The lowest BCUT2D eigenvalue weighted by Crippen LogP contribution is -2.05. The van der Waals surface area contributed by atoms with Crippen LogP contribution in [0.1, 0.15) is 32.5 Å². The van der Waals surface area contributed by atoms with Crippen LogP contribution in [0.15, 0.2) is 30.3 Å². The molecule has 1 unspecified atom stereocenters. The molecule has 0 aliphatic heterocycles. The maximum atomic E-state index is 12.4. The van der Waals surface area contributed by atoms with Crippen molar-refractivity contribution in [1.82, 2.24) is 0 Å². The van der Waals surface area contributed by atoms with E-state index in [4.69, 9.17) is 0 Å². The molecule has 0 spiro atoms. The molecule has 0 aliphatic carbocycles. The Morgan fingerprint density at radius 2 is 1.68 bits per heavy atom. The number of benzene rings is 1. The molecule has 0 aliphatic rings. The van der Waals surface area contributed by atoms with Crippen LogP contribution in [-0.2, 0) is 6.18 Å². The van der Waals surface area contributed by atoms with Crippen molar-refractivity contribution < 1.29 is 18.3 Å². The summed E-state index contributed by atoms with van der Waals surface area (Å²) in [5.74, 6) is 0. The van der Waals surface area contributed by atoms with Crippen LogP contribution in [0.4, 0.5) is 13.2 Å². The van der Waals surface area contributed by atoms with Gasteiger partial charge < -0.3 is 5.11 Å². The number of halogens is 3. The summed E-state index contributed by atoms with van der Waals surface area (Å²) in [6.07, 6.45) is -5.22. The van der Waals surface area contributed by atoms with Crippen molar-refractivity contribution in [3.8, 4) is 0 Å². The Morgan fingerprint density at radius 1 is 1.11 bits per heavy atom. The maximum Gasteiger partial charge on any atom is 0.416 e. The van der Waals surface area contributed by atoms with Gasteiger partial charge in [0.2, 0.25) is 0 Å². The Balaban J connectivity index is 2.27. The summed E-state index contributed by atoms with van der Waals surface area (Å²) in [7, 11) is 0. The number of aryl methyl sites for hydroxylation is 2. The number of hydrogen-bond donors (Lipinski definition) is 1. The lowest BCUT2D eigenvalue weighted by atomic mass is 10.1. The summed E-state index contributed by atoms with van der Waals surface area (Å²) < 4.78 is 37.3. The third-order valence-corrected chi connectivity index (χ3v) is 4.21. The molecule has 0 saturated carbocycles. The normalized spacial score (nSPS) is 13.6. The number of hydrogen-bond acceptors (Lipinski definition) is 2. The highest BCUT2D eigenvalue weighted by molar-refractivity contribution is 7.12. The first-order valence-corrected chi connectivity index (χ1v) is 6.53. The lowest BCUT2D eigenvalue weighted by Gasteiger charge is -2.11. The summed E-state index contributed by atoms with van der Waals surface area (Å²) in [5, 5.41) is 10.2. The minimum Gasteiger partial charge on any atom is -0.383 e. The summed E-state index contributed by atoms with van der Waals surface area (Å²) >= 11 is 1.45. The third kappa shape index (κ3) is 2.98. The monoisotopic (exact) mass is 286 g/mol. The van der Waals surface area contributed by atoms with Crippen LogP contribution in [-0.4, -0.2) is 5.11 Å². The van der Waals surface area contributed by atoms with Crippen LogP contribution in [0.25, 0.3) is 0 Å². The number of rotatable bonds is 2. The van der Waals surface area contributed by atoms with E-state index in [-0.39, 0.29) is 0 Å². The standard InChI is InChI=1S/C14H13F3OS/c1-8-7-12(19-9(8)2)13(18)10-3-5-11(6-4-10)14(15,16)17/h3-7,13,18H,1-2H3. The zero-order chi connectivity index (χ0) is 14.2. The van der Waals surface area contributed by atoms with E-state index in [1.807, 2.05) is 19.9 Å². The number of aliphatic hydroxyl groups excluding tert-OH is 1. The molecule has 1 aromatic heterocycles. The van der Waals surface area contributed by atoms with E-state index in [1.165, 1.54) is 23.5 Å². The molecule has 1 atom stereocenters. The van der Waals surface area contributed by atoms with Crippen LogP contribution >= 0.6 is 11.3 Å². The molecule has 0 amide bonds. The fourth-order valence-electron chi connectivity index (χ4n) is 1.76. The van der Waals surface area contributed by atoms with E-state index >= 15 is 0 Å². The molecule has 5 heteroatoms. The zero-order valence-electron chi connectivity index (χ0n) is 10.5. The minimum atomic E-state index is -4.35. The quantitative estimate of drug-likeness (QED) is 0.864. The van der Waals surface area contributed by atoms with Gasteiger partial charge in [-0.1, -0.05) is 12.1 Å². The van der Waals surface area contributed by atoms with Crippen LogP contribution in [0.3, 0.4) is 0 Å². The van der Waals surface area contributed by atoms with Crippen molar-refractivity contribution in [2.75, 3.05) is 0 Å². The Hall–Kier alpha value is -1.33. The van der Waals surface area contributed by atoms with Crippen molar-refractivity contribution in [3.05, 3.63) is 56.8 Å². The molecule has 2 aromatic rings. The van der Waals surface area contributed by atoms with E-state index in [9.17, 15) is 18.3 Å². The van der Waals surface area contributed by atoms with Crippen molar-refractivity contribution in [1.29, 1.82) is 0 Å². The lowest BCUT2D eigenvalue weighted by molar-refractivity contribution is -0.137. The molecule has 1 heterocycles. The molecule has 1 N–H and O–H groups in total. The van der Waals surface area contributed by atoms with Crippen LogP contribution in [0.5, 0.6) is 0 Å². The van der Waals surface area contributed by atoms with Crippen LogP contribution in [0.2, 0.25) is 0 Å². The molecule has 0 fully saturated rings. The average Bonchev–Trinajstić information content (AvgIpc) is 2.68. The summed E-state index contributed by atoms with van der Waals surface area (Å²) in [4.78, 5) is 1.84. The summed E-state index contributed by atoms with van der Waals surface area (Å²) in [6.45, 7) is 3.89. The van der Waals surface area contributed by atoms with E-state index in [1.54, 1.807) is 0 Å². The Bertz CT molecular complexity index is 550. The molecule has 1 nitrogen and oxygen atoms in total. The maximum absolute atomic E-state index is 12.4. The number of thiophene rings is 1. The molecular formula is C14H13F3OS. The molecule has 19 heavy (non-hydrogen) atoms. The fourth-order valence-corrected chi connectivity index (χ4v) is 2.81. The highest BCUT2D eigenvalue weighted by Crippen LogP contribution is 2.33. The summed E-state index contributed by atoms with van der Waals surface area (Å²) in [6, 6.07) is 6.48. The smallest absolute Gasteiger partial charge is 0.383 e. The van der Waals surface area contributed by atoms with Gasteiger partial charge in [-0.05, 0) is 43.2 Å². The molecule has 2 rings (SSSR count). The van der Waals surface area contributed by atoms with Crippen molar-refractivity contribution in [2.45, 2.75) is 26.1 Å². The highest BCUT2D eigenvalue weighted by atomic mass is 32.1. The topological polar surface area (TPSA) is 20.2 Å². The van der Waals surface area contributed by atoms with Gasteiger partial charge in [0.1, 0.15) is 6.10 Å². The van der Waals surface area contributed by atoms with Gasteiger partial charge in [0, 0.05) is 9.75 Å². The Labute approximate surface area is 113 Å². The molecule has 102 valence electrons. The first-order chi connectivity index (χ1) is 8.79.